The van der Waals surface area contributed by atoms with Gasteiger partial charge in [0.1, 0.15) is 10.4 Å². The minimum absolute atomic E-state index is 0.0973. The number of hydrogen-bond donors (Lipinski definition) is 0. The Morgan fingerprint density at radius 1 is 0.880 bits per heavy atom. The lowest BCUT2D eigenvalue weighted by atomic mass is 10.2. The van der Waals surface area contributed by atoms with Gasteiger partial charge in [0.25, 0.3) is 0 Å². The number of ether oxygens (including phenoxy) is 1. The Bertz CT molecular complexity index is 1010. The van der Waals surface area contributed by atoms with Gasteiger partial charge in [0.05, 0.1) is 0 Å². The predicted octanol–water partition coefficient (Wildman–Crippen LogP) is 3.90. The van der Waals surface area contributed by atoms with Crippen molar-refractivity contribution in [2.45, 2.75) is 11.3 Å². The first kappa shape index (κ1) is 17.0. The first-order valence-electron chi connectivity index (χ1n) is 6.89. The molecule has 3 aromatic rings. The first-order valence-corrected chi connectivity index (χ1v) is 8.30. The third-order valence-electron chi connectivity index (χ3n) is 3.14. The molecule has 0 atom stereocenters. The van der Waals surface area contributed by atoms with E-state index in [4.69, 9.17) is 4.18 Å². The lowest BCUT2D eigenvalue weighted by Gasteiger charge is -2.14. The van der Waals surface area contributed by atoms with Crippen molar-refractivity contribution in [2.75, 3.05) is 0 Å². The van der Waals surface area contributed by atoms with Crippen LogP contribution in [0, 0.1) is 0 Å². The van der Waals surface area contributed by atoms with E-state index in [-0.39, 0.29) is 11.3 Å². The lowest BCUT2D eigenvalue weighted by Crippen LogP contribution is -2.20. The Labute approximate surface area is 140 Å². The summed E-state index contributed by atoms with van der Waals surface area (Å²) in [5.74, 6) is -0.969. The van der Waals surface area contributed by atoms with Crippen LogP contribution in [-0.2, 0) is 10.1 Å². The quantitative estimate of drug-likeness (QED) is 0.653. The molecule has 0 fully saturated rings. The summed E-state index contributed by atoms with van der Waals surface area (Å²) in [6, 6.07) is 12.3. The second-order valence-electron chi connectivity index (χ2n) is 4.86. The Morgan fingerprint density at radius 2 is 1.56 bits per heavy atom. The lowest BCUT2D eigenvalue weighted by molar-refractivity contribution is -0.275. The van der Waals surface area contributed by atoms with E-state index in [2.05, 4.69) is 9.72 Å². The van der Waals surface area contributed by atoms with Gasteiger partial charge in [-0.15, -0.1) is 13.2 Å². The summed E-state index contributed by atoms with van der Waals surface area (Å²) in [5.41, 5.74) is 0.266. The molecule has 0 aliphatic heterocycles. The maximum Gasteiger partial charge on any atom is 0.573 e. The van der Waals surface area contributed by atoms with Gasteiger partial charge < -0.3 is 8.92 Å². The zero-order valence-corrected chi connectivity index (χ0v) is 13.2. The van der Waals surface area contributed by atoms with Crippen LogP contribution in [0.5, 0.6) is 11.5 Å². The monoisotopic (exact) mass is 369 g/mol. The van der Waals surface area contributed by atoms with E-state index in [1.807, 2.05) is 0 Å². The fourth-order valence-electron chi connectivity index (χ4n) is 2.17. The fourth-order valence-corrected chi connectivity index (χ4v) is 3.23. The smallest absolute Gasteiger partial charge is 0.404 e. The molecule has 9 heteroatoms. The van der Waals surface area contributed by atoms with Gasteiger partial charge in [-0.05, 0) is 24.3 Å². The first-order chi connectivity index (χ1) is 11.8. The predicted molar refractivity (Wildman–Crippen MR) is 82.7 cm³/mol. The van der Waals surface area contributed by atoms with Crippen molar-refractivity contribution < 1.29 is 30.5 Å². The van der Waals surface area contributed by atoms with Gasteiger partial charge in [-0.25, -0.2) is 0 Å². The van der Waals surface area contributed by atoms with Gasteiger partial charge in [0.15, 0.2) is 11.5 Å². The van der Waals surface area contributed by atoms with Crippen LogP contribution in [0.3, 0.4) is 0 Å². The third-order valence-corrected chi connectivity index (χ3v) is 4.41. The van der Waals surface area contributed by atoms with Crippen LogP contribution in [0.25, 0.3) is 10.9 Å². The topological polar surface area (TPSA) is 65.5 Å². The molecule has 0 aliphatic carbocycles. The normalized spacial score (nSPS) is 12.1. The zero-order valence-electron chi connectivity index (χ0n) is 12.4. The van der Waals surface area contributed by atoms with Gasteiger partial charge in [-0.1, -0.05) is 30.3 Å². The molecule has 25 heavy (non-hydrogen) atoms. The van der Waals surface area contributed by atoms with Crippen LogP contribution in [0.4, 0.5) is 13.2 Å². The third kappa shape index (κ3) is 3.82. The van der Waals surface area contributed by atoms with E-state index in [1.165, 1.54) is 24.4 Å². The molecule has 5 nitrogen and oxygen atoms in total. The largest absolute Gasteiger partial charge is 0.573 e. The summed E-state index contributed by atoms with van der Waals surface area (Å²) < 4.78 is 71.1. The highest BCUT2D eigenvalue weighted by Crippen LogP contribution is 2.32. The van der Waals surface area contributed by atoms with Crippen LogP contribution in [0.2, 0.25) is 0 Å². The highest BCUT2D eigenvalue weighted by Gasteiger charge is 2.34. The van der Waals surface area contributed by atoms with E-state index < -0.39 is 27.1 Å². The van der Waals surface area contributed by atoms with Crippen molar-refractivity contribution in [1.82, 2.24) is 4.98 Å². The molecule has 0 radical (unpaired) electrons. The number of aromatic nitrogens is 1. The van der Waals surface area contributed by atoms with Crippen molar-refractivity contribution >= 4 is 21.0 Å². The molecule has 0 aliphatic rings. The number of benzene rings is 2. The molecule has 1 heterocycles. The number of pyridine rings is 1. The molecule has 0 amide bonds. The van der Waals surface area contributed by atoms with Gasteiger partial charge in [-0.3, -0.25) is 4.98 Å². The molecule has 0 spiro atoms. The summed E-state index contributed by atoms with van der Waals surface area (Å²) in [6.07, 6.45) is -3.59. The summed E-state index contributed by atoms with van der Waals surface area (Å²) in [5, 5.41) is 0.620. The van der Waals surface area contributed by atoms with E-state index in [0.29, 0.717) is 5.39 Å². The molecule has 130 valence electrons. The summed E-state index contributed by atoms with van der Waals surface area (Å²) >= 11 is 0. The highest BCUT2D eigenvalue weighted by molar-refractivity contribution is 7.87. The van der Waals surface area contributed by atoms with Crippen LogP contribution in [0.1, 0.15) is 0 Å². The SMILES string of the molecule is O=S(=O)(Oc1cccc2cccnc12)c1ccccc1OC(F)(F)F. The van der Waals surface area contributed by atoms with E-state index in [9.17, 15) is 21.6 Å². The molecule has 0 unspecified atom stereocenters. The maximum absolute atomic E-state index is 12.5. The summed E-state index contributed by atoms with van der Waals surface area (Å²) in [6.45, 7) is 0. The molecule has 3 rings (SSSR count). The number of fused-ring (bicyclic) bond motifs is 1. The van der Waals surface area contributed by atoms with Crippen LogP contribution in [-0.4, -0.2) is 19.8 Å². The van der Waals surface area contributed by atoms with Crippen molar-refractivity contribution in [3.8, 4) is 11.5 Å². The minimum atomic E-state index is -5.04. The van der Waals surface area contributed by atoms with Crippen LogP contribution < -0.4 is 8.92 Å². The number of hydrogen-bond acceptors (Lipinski definition) is 5. The Balaban J connectivity index is 2.03. The molecule has 2 aromatic carbocycles. The second kappa shape index (κ2) is 6.25. The zero-order chi connectivity index (χ0) is 18.1. The fraction of sp³-hybridized carbons (Fsp3) is 0.0625. The van der Waals surface area contributed by atoms with E-state index >= 15 is 0 Å². The number of nitrogens with zero attached hydrogens (tertiary/aromatic N) is 1. The maximum atomic E-state index is 12.5. The van der Waals surface area contributed by atoms with E-state index in [0.717, 1.165) is 12.1 Å². The average molecular weight is 369 g/mol. The molecule has 0 saturated carbocycles. The number of para-hydroxylation sites is 2. The molecular formula is C16H10F3NO4S. The van der Waals surface area contributed by atoms with Crippen LogP contribution >= 0.6 is 0 Å². The second-order valence-corrected chi connectivity index (χ2v) is 6.38. The highest BCUT2D eigenvalue weighted by atomic mass is 32.2. The van der Waals surface area contributed by atoms with E-state index in [1.54, 1.807) is 24.3 Å². The van der Waals surface area contributed by atoms with Crippen molar-refractivity contribution in [1.29, 1.82) is 0 Å². The Kier molecular flexibility index (Phi) is 4.25. The Hall–Kier alpha value is -2.81. The molecule has 0 N–H and O–H groups in total. The summed E-state index contributed by atoms with van der Waals surface area (Å²) in [4.78, 5) is 3.30. The average Bonchev–Trinajstić information content (AvgIpc) is 2.54. The van der Waals surface area contributed by atoms with Crippen LogP contribution in [0.15, 0.2) is 65.7 Å². The standard InChI is InChI=1S/C16H10F3NO4S/c17-16(18,19)23-12-7-1-2-9-14(12)25(21,22)24-13-8-3-5-11-6-4-10-20-15(11)13/h1-10H. The number of rotatable bonds is 4. The summed E-state index contributed by atoms with van der Waals surface area (Å²) in [7, 11) is -4.57. The molecular weight excluding hydrogens is 359 g/mol. The minimum Gasteiger partial charge on any atom is -0.404 e. The molecule has 0 bridgehead atoms. The molecule has 0 saturated heterocycles. The number of alkyl halides is 3. The van der Waals surface area contributed by atoms with Crippen molar-refractivity contribution in [3.05, 3.63) is 60.8 Å². The number of halogens is 3. The van der Waals surface area contributed by atoms with Gasteiger partial charge in [0.2, 0.25) is 0 Å². The van der Waals surface area contributed by atoms with Gasteiger partial charge >= 0.3 is 16.5 Å². The van der Waals surface area contributed by atoms with Crippen molar-refractivity contribution in [3.63, 3.8) is 0 Å². The Morgan fingerprint density at radius 3 is 2.32 bits per heavy atom. The van der Waals surface area contributed by atoms with Crippen molar-refractivity contribution in [2.24, 2.45) is 0 Å². The van der Waals surface area contributed by atoms with Gasteiger partial charge in [-0.2, -0.15) is 8.42 Å². The molecule has 1 aromatic heterocycles. The van der Waals surface area contributed by atoms with Gasteiger partial charge in [0, 0.05) is 11.6 Å².